The van der Waals surface area contributed by atoms with E-state index in [0.717, 1.165) is 51.4 Å². The first-order chi connectivity index (χ1) is 7.67. The Balaban J connectivity index is 2.23. The predicted octanol–water partition coefficient (Wildman–Crippen LogP) is 2.67. The van der Waals surface area contributed by atoms with Crippen molar-refractivity contribution in [3.05, 3.63) is 0 Å². The van der Waals surface area contributed by atoms with Crippen molar-refractivity contribution >= 4 is 16.9 Å². The van der Waals surface area contributed by atoms with Gasteiger partial charge in [-0.05, 0) is 25.7 Å². The van der Waals surface area contributed by atoms with E-state index >= 15 is 0 Å². The summed E-state index contributed by atoms with van der Waals surface area (Å²) in [7, 11) is 0. The number of carbonyl (C=O) groups is 1. The first-order valence-corrected chi connectivity index (χ1v) is 7.41. The van der Waals surface area contributed by atoms with E-state index in [1.54, 1.807) is 0 Å². The molecule has 16 heavy (non-hydrogen) atoms. The molecule has 3 nitrogen and oxygen atoms in total. The number of hydrogen-bond acceptors (Lipinski definition) is 2. The van der Waals surface area contributed by atoms with E-state index in [4.69, 9.17) is 0 Å². The van der Waals surface area contributed by atoms with E-state index in [-0.39, 0.29) is 11.7 Å². The average molecular weight is 244 g/mol. The number of carbonyl (C=O) groups excluding carboxylic acids is 1. The molecule has 0 aliphatic heterocycles. The Morgan fingerprint density at radius 1 is 1.12 bits per heavy atom. The van der Waals surface area contributed by atoms with Gasteiger partial charge in [0, 0.05) is 12.3 Å². The standard InChI is InChI=1S/C12H20O3S/c13-11-7-3-2-6-10(11)12(16(14)15)8-4-1-5-9-12/h10H,1-9H2,(H,14,15). The van der Waals surface area contributed by atoms with Crippen molar-refractivity contribution in [2.24, 2.45) is 5.92 Å². The SMILES string of the molecule is O=C1CCCCC1C1(S(=O)O)CCCCC1. The highest BCUT2D eigenvalue weighted by Crippen LogP contribution is 2.43. The highest BCUT2D eigenvalue weighted by atomic mass is 32.2. The molecule has 2 atom stereocenters. The summed E-state index contributed by atoms with van der Waals surface area (Å²) in [6.07, 6.45) is 8.08. The van der Waals surface area contributed by atoms with E-state index in [2.05, 4.69) is 0 Å². The molecular weight excluding hydrogens is 224 g/mol. The molecule has 1 N–H and O–H groups in total. The maximum atomic E-state index is 12.0. The van der Waals surface area contributed by atoms with E-state index in [1.165, 1.54) is 0 Å². The van der Waals surface area contributed by atoms with Crippen LogP contribution < -0.4 is 0 Å². The molecule has 0 saturated heterocycles. The van der Waals surface area contributed by atoms with E-state index in [0.29, 0.717) is 6.42 Å². The second-order valence-corrected chi connectivity index (χ2v) is 6.45. The van der Waals surface area contributed by atoms with Gasteiger partial charge in [0.1, 0.15) is 5.78 Å². The van der Waals surface area contributed by atoms with Gasteiger partial charge in [0.15, 0.2) is 11.1 Å². The molecule has 0 aromatic rings. The van der Waals surface area contributed by atoms with Crippen LogP contribution in [0.25, 0.3) is 0 Å². The van der Waals surface area contributed by atoms with E-state index in [1.807, 2.05) is 0 Å². The normalized spacial score (nSPS) is 32.3. The van der Waals surface area contributed by atoms with E-state index in [9.17, 15) is 13.6 Å². The van der Waals surface area contributed by atoms with Gasteiger partial charge >= 0.3 is 0 Å². The Labute approximate surface area is 99.3 Å². The zero-order valence-corrected chi connectivity index (χ0v) is 10.4. The smallest absolute Gasteiger partial charge is 0.159 e. The quantitative estimate of drug-likeness (QED) is 0.760. The summed E-state index contributed by atoms with van der Waals surface area (Å²) in [5.74, 6) is 0.0860. The molecule has 4 heteroatoms. The van der Waals surface area contributed by atoms with Crippen molar-refractivity contribution in [1.82, 2.24) is 0 Å². The lowest BCUT2D eigenvalue weighted by atomic mass is 9.72. The van der Waals surface area contributed by atoms with Crippen LogP contribution in [0.5, 0.6) is 0 Å². The molecule has 2 aliphatic rings. The fraction of sp³-hybridized carbons (Fsp3) is 0.917. The Bertz CT molecular complexity index is 293. The number of rotatable bonds is 2. The second-order valence-electron chi connectivity index (χ2n) is 5.14. The fourth-order valence-corrected chi connectivity index (χ4v) is 4.46. The molecule has 92 valence electrons. The maximum absolute atomic E-state index is 12.0. The molecule has 2 aliphatic carbocycles. The Hall–Kier alpha value is -0.220. The van der Waals surface area contributed by atoms with Crippen LogP contribution in [0.1, 0.15) is 57.8 Å². The van der Waals surface area contributed by atoms with Gasteiger partial charge in [-0.3, -0.25) is 4.79 Å². The van der Waals surface area contributed by atoms with Crippen LogP contribution in [-0.4, -0.2) is 19.3 Å². The van der Waals surface area contributed by atoms with Gasteiger partial charge in [-0.2, -0.15) is 0 Å². The van der Waals surface area contributed by atoms with Crippen LogP contribution in [0.15, 0.2) is 0 Å². The van der Waals surface area contributed by atoms with Crippen molar-refractivity contribution in [2.45, 2.75) is 62.5 Å². The Kier molecular flexibility index (Phi) is 3.80. The minimum absolute atomic E-state index is 0.146. The second kappa shape index (κ2) is 4.96. The summed E-state index contributed by atoms with van der Waals surface area (Å²) in [5, 5.41) is 0. The number of hydrogen-bond donors (Lipinski definition) is 1. The summed E-state index contributed by atoms with van der Waals surface area (Å²) in [4.78, 5) is 12.0. The molecule has 0 amide bonds. The number of ketones is 1. The van der Waals surface area contributed by atoms with E-state index < -0.39 is 15.8 Å². The molecule has 0 spiro atoms. The molecule has 0 heterocycles. The molecule has 0 bridgehead atoms. The van der Waals surface area contributed by atoms with Crippen LogP contribution >= 0.6 is 0 Å². The summed E-state index contributed by atoms with van der Waals surface area (Å²) >= 11 is -1.85. The van der Waals surface area contributed by atoms with Crippen LogP contribution in [0, 0.1) is 5.92 Å². The average Bonchev–Trinajstić information content (AvgIpc) is 2.30. The molecule has 0 aromatic heterocycles. The van der Waals surface area contributed by atoms with Crippen LogP contribution in [0.4, 0.5) is 0 Å². The zero-order valence-electron chi connectivity index (χ0n) is 9.61. The molecular formula is C12H20O3S. The first kappa shape index (κ1) is 12.2. The van der Waals surface area contributed by atoms with Crippen molar-refractivity contribution in [3.8, 4) is 0 Å². The van der Waals surface area contributed by atoms with Gasteiger partial charge in [-0.1, -0.05) is 25.7 Å². The first-order valence-electron chi connectivity index (χ1n) is 6.30. The zero-order chi connectivity index (χ0) is 11.6. The van der Waals surface area contributed by atoms with Crippen LogP contribution in [0.2, 0.25) is 0 Å². The van der Waals surface area contributed by atoms with Crippen LogP contribution in [-0.2, 0) is 15.9 Å². The van der Waals surface area contributed by atoms with Gasteiger partial charge in [0.25, 0.3) is 0 Å². The lowest BCUT2D eigenvalue weighted by Gasteiger charge is -2.41. The molecule has 0 aromatic carbocycles. The molecule has 0 radical (unpaired) electrons. The van der Waals surface area contributed by atoms with Gasteiger partial charge in [0.05, 0.1) is 4.75 Å². The Morgan fingerprint density at radius 2 is 1.81 bits per heavy atom. The molecule has 2 rings (SSSR count). The van der Waals surface area contributed by atoms with Crippen molar-refractivity contribution in [2.75, 3.05) is 0 Å². The minimum atomic E-state index is -1.85. The van der Waals surface area contributed by atoms with Crippen molar-refractivity contribution in [3.63, 3.8) is 0 Å². The fourth-order valence-electron chi connectivity index (χ4n) is 3.33. The van der Waals surface area contributed by atoms with Gasteiger partial charge in [-0.15, -0.1) is 0 Å². The minimum Gasteiger partial charge on any atom is -0.306 e. The van der Waals surface area contributed by atoms with Gasteiger partial charge in [0.2, 0.25) is 0 Å². The molecule has 2 unspecified atom stereocenters. The number of Topliss-reactive ketones (excluding diaryl/α,β-unsaturated/α-hetero) is 1. The monoisotopic (exact) mass is 244 g/mol. The highest BCUT2D eigenvalue weighted by Gasteiger charge is 2.48. The lowest BCUT2D eigenvalue weighted by molar-refractivity contribution is -0.126. The topological polar surface area (TPSA) is 54.4 Å². The lowest BCUT2D eigenvalue weighted by Crippen LogP contribution is -2.48. The summed E-state index contributed by atoms with van der Waals surface area (Å²) in [6.45, 7) is 0. The molecule has 2 fully saturated rings. The third-order valence-electron chi connectivity index (χ3n) is 4.24. The maximum Gasteiger partial charge on any atom is 0.159 e. The highest BCUT2D eigenvalue weighted by molar-refractivity contribution is 7.80. The predicted molar refractivity (Wildman–Crippen MR) is 63.6 cm³/mol. The summed E-state index contributed by atoms with van der Waals surface area (Å²) < 4.78 is 20.7. The van der Waals surface area contributed by atoms with Crippen LogP contribution in [0.3, 0.4) is 0 Å². The Morgan fingerprint density at radius 3 is 2.38 bits per heavy atom. The summed E-state index contributed by atoms with van der Waals surface area (Å²) in [6, 6.07) is 0. The summed E-state index contributed by atoms with van der Waals surface area (Å²) in [5.41, 5.74) is 0. The third kappa shape index (κ3) is 2.09. The van der Waals surface area contributed by atoms with Crippen molar-refractivity contribution < 1.29 is 13.6 Å². The van der Waals surface area contributed by atoms with Gasteiger partial charge in [-0.25, -0.2) is 4.21 Å². The van der Waals surface area contributed by atoms with Gasteiger partial charge < -0.3 is 4.55 Å². The molecule has 2 saturated carbocycles. The van der Waals surface area contributed by atoms with Crippen molar-refractivity contribution in [1.29, 1.82) is 0 Å². The largest absolute Gasteiger partial charge is 0.306 e. The third-order valence-corrected chi connectivity index (χ3v) is 5.63.